The fourth-order valence-electron chi connectivity index (χ4n) is 1.93. The van der Waals surface area contributed by atoms with Crippen LogP contribution in [0.1, 0.15) is 11.1 Å². The number of methoxy groups -OCH3 is 1. The normalized spacial score (nSPS) is 10.2. The minimum absolute atomic E-state index is 0.753. The van der Waals surface area contributed by atoms with Crippen molar-refractivity contribution >= 4 is 5.69 Å². The molecule has 0 radical (unpaired) electrons. The number of aryl methyl sites for hydroxylation is 2. The summed E-state index contributed by atoms with van der Waals surface area (Å²) in [4.78, 5) is 0. The minimum atomic E-state index is 0.753. The molecule has 0 spiro atoms. The van der Waals surface area contributed by atoms with Crippen molar-refractivity contribution in [3.05, 3.63) is 47.5 Å². The number of nitrogen functional groups attached to an aromatic ring is 1. The molecule has 0 aliphatic heterocycles. The Morgan fingerprint density at radius 1 is 0.944 bits per heavy atom. The predicted molar refractivity (Wildman–Crippen MR) is 73.4 cm³/mol. The fourth-order valence-corrected chi connectivity index (χ4v) is 1.93. The highest BCUT2D eigenvalue weighted by Gasteiger charge is 2.07. The second-order valence-corrected chi connectivity index (χ2v) is 4.26. The van der Waals surface area contributed by atoms with E-state index in [2.05, 4.69) is 0 Å². The van der Waals surface area contributed by atoms with Crippen LogP contribution in [0.2, 0.25) is 0 Å². The molecule has 2 rings (SSSR count). The summed E-state index contributed by atoms with van der Waals surface area (Å²) in [6.07, 6.45) is 0. The summed E-state index contributed by atoms with van der Waals surface area (Å²) in [6.45, 7) is 3.97. The molecule has 0 aliphatic rings. The summed E-state index contributed by atoms with van der Waals surface area (Å²) >= 11 is 0. The van der Waals surface area contributed by atoms with Crippen LogP contribution in [0.3, 0.4) is 0 Å². The summed E-state index contributed by atoms with van der Waals surface area (Å²) in [5, 5.41) is 0. The molecule has 3 heteroatoms. The highest BCUT2D eigenvalue weighted by molar-refractivity contribution is 5.53. The molecule has 94 valence electrons. The Morgan fingerprint density at radius 2 is 1.56 bits per heavy atom. The molecule has 0 saturated carbocycles. The summed E-state index contributed by atoms with van der Waals surface area (Å²) < 4.78 is 11.1. The van der Waals surface area contributed by atoms with Crippen LogP contribution in [-0.4, -0.2) is 7.11 Å². The minimum Gasteiger partial charge on any atom is -0.497 e. The van der Waals surface area contributed by atoms with Crippen LogP contribution in [0.4, 0.5) is 5.69 Å². The Labute approximate surface area is 107 Å². The molecule has 2 aromatic rings. The molecule has 0 saturated heterocycles. The zero-order valence-electron chi connectivity index (χ0n) is 10.9. The maximum Gasteiger partial charge on any atom is 0.133 e. The molecule has 0 unspecified atom stereocenters. The van der Waals surface area contributed by atoms with Crippen molar-refractivity contribution in [3.8, 4) is 17.2 Å². The van der Waals surface area contributed by atoms with Gasteiger partial charge in [-0.3, -0.25) is 0 Å². The van der Waals surface area contributed by atoms with Crippen LogP contribution < -0.4 is 15.2 Å². The second-order valence-electron chi connectivity index (χ2n) is 4.26. The standard InChI is InChI=1S/C15H17NO2/c1-10-7-12(16)8-11(2)15(10)18-14-6-4-5-13(9-14)17-3/h4-9H,16H2,1-3H3. The lowest BCUT2D eigenvalue weighted by atomic mass is 10.1. The van der Waals surface area contributed by atoms with E-state index in [4.69, 9.17) is 15.2 Å². The Kier molecular flexibility index (Phi) is 3.42. The van der Waals surface area contributed by atoms with E-state index in [1.54, 1.807) is 7.11 Å². The second kappa shape index (κ2) is 5.00. The highest BCUT2D eigenvalue weighted by Crippen LogP contribution is 2.31. The molecule has 2 aromatic carbocycles. The average Bonchev–Trinajstić information content (AvgIpc) is 2.34. The van der Waals surface area contributed by atoms with Crippen LogP contribution in [-0.2, 0) is 0 Å². The Bertz CT molecular complexity index is 541. The van der Waals surface area contributed by atoms with Crippen molar-refractivity contribution in [2.75, 3.05) is 12.8 Å². The number of ether oxygens (including phenoxy) is 2. The lowest BCUT2D eigenvalue weighted by Crippen LogP contribution is -1.94. The topological polar surface area (TPSA) is 44.5 Å². The van der Waals surface area contributed by atoms with Crippen LogP contribution in [0.25, 0.3) is 0 Å². The predicted octanol–water partition coefficient (Wildman–Crippen LogP) is 3.69. The Morgan fingerprint density at radius 3 is 2.17 bits per heavy atom. The van der Waals surface area contributed by atoms with Crippen LogP contribution in [0, 0.1) is 13.8 Å². The molecular formula is C15H17NO2. The van der Waals surface area contributed by atoms with Crippen molar-refractivity contribution in [2.45, 2.75) is 13.8 Å². The molecule has 0 aromatic heterocycles. The summed E-state index contributed by atoms with van der Waals surface area (Å²) in [7, 11) is 1.64. The van der Waals surface area contributed by atoms with Gasteiger partial charge < -0.3 is 15.2 Å². The van der Waals surface area contributed by atoms with Gasteiger partial charge in [0.15, 0.2) is 0 Å². The van der Waals surface area contributed by atoms with Crippen LogP contribution in [0.15, 0.2) is 36.4 Å². The van der Waals surface area contributed by atoms with E-state index in [0.29, 0.717) is 0 Å². The van der Waals surface area contributed by atoms with Gasteiger partial charge in [-0.15, -0.1) is 0 Å². The zero-order chi connectivity index (χ0) is 13.1. The van der Waals surface area contributed by atoms with Gasteiger partial charge in [-0.1, -0.05) is 6.07 Å². The van der Waals surface area contributed by atoms with Crippen LogP contribution >= 0.6 is 0 Å². The number of hydrogen-bond donors (Lipinski definition) is 1. The lowest BCUT2D eigenvalue weighted by molar-refractivity contribution is 0.408. The van der Waals surface area contributed by atoms with Gasteiger partial charge in [0.1, 0.15) is 17.2 Å². The average molecular weight is 243 g/mol. The van der Waals surface area contributed by atoms with Gasteiger partial charge >= 0.3 is 0 Å². The largest absolute Gasteiger partial charge is 0.497 e. The number of benzene rings is 2. The molecule has 0 bridgehead atoms. The Hall–Kier alpha value is -2.16. The summed E-state index contributed by atoms with van der Waals surface area (Å²) in [5.41, 5.74) is 8.59. The third kappa shape index (κ3) is 2.56. The Balaban J connectivity index is 2.33. The van der Waals surface area contributed by atoms with E-state index in [9.17, 15) is 0 Å². The van der Waals surface area contributed by atoms with Gasteiger partial charge in [-0.25, -0.2) is 0 Å². The zero-order valence-corrected chi connectivity index (χ0v) is 10.9. The smallest absolute Gasteiger partial charge is 0.133 e. The summed E-state index contributed by atoms with van der Waals surface area (Å²) in [6, 6.07) is 11.4. The van der Waals surface area contributed by atoms with Crippen molar-refractivity contribution in [1.29, 1.82) is 0 Å². The van der Waals surface area contributed by atoms with Crippen molar-refractivity contribution in [1.82, 2.24) is 0 Å². The van der Waals surface area contributed by atoms with Crippen molar-refractivity contribution < 1.29 is 9.47 Å². The van der Waals surface area contributed by atoms with Gasteiger partial charge in [0.05, 0.1) is 7.11 Å². The maximum atomic E-state index is 5.90. The third-order valence-corrected chi connectivity index (χ3v) is 2.74. The highest BCUT2D eigenvalue weighted by atomic mass is 16.5. The fraction of sp³-hybridized carbons (Fsp3) is 0.200. The molecule has 0 amide bonds. The first kappa shape index (κ1) is 12.3. The molecule has 3 nitrogen and oxygen atoms in total. The molecule has 18 heavy (non-hydrogen) atoms. The first-order valence-electron chi connectivity index (χ1n) is 5.79. The monoisotopic (exact) mass is 243 g/mol. The van der Waals surface area contributed by atoms with E-state index >= 15 is 0 Å². The van der Waals surface area contributed by atoms with Gasteiger partial charge in [-0.05, 0) is 49.2 Å². The molecule has 0 heterocycles. The van der Waals surface area contributed by atoms with Gasteiger partial charge in [0.25, 0.3) is 0 Å². The van der Waals surface area contributed by atoms with Crippen LogP contribution in [0.5, 0.6) is 17.2 Å². The SMILES string of the molecule is COc1cccc(Oc2c(C)cc(N)cc2C)c1. The van der Waals surface area contributed by atoms with Gasteiger partial charge in [0.2, 0.25) is 0 Å². The van der Waals surface area contributed by atoms with E-state index in [0.717, 1.165) is 34.1 Å². The number of hydrogen-bond acceptors (Lipinski definition) is 3. The maximum absolute atomic E-state index is 5.90. The summed E-state index contributed by atoms with van der Waals surface area (Å²) in [5.74, 6) is 2.38. The molecule has 0 fully saturated rings. The van der Waals surface area contributed by atoms with E-state index in [-0.39, 0.29) is 0 Å². The molecular weight excluding hydrogens is 226 g/mol. The first-order valence-corrected chi connectivity index (χ1v) is 5.79. The van der Waals surface area contributed by atoms with Gasteiger partial charge in [0, 0.05) is 11.8 Å². The molecule has 2 N–H and O–H groups in total. The molecule has 0 aliphatic carbocycles. The van der Waals surface area contributed by atoms with Gasteiger partial charge in [-0.2, -0.15) is 0 Å². The molecule has 0 atom stereocenters. The van der Waals surface area contributed by atoms with E-state index in [1.807, 2.05) is 50.2 Å². The lowest BCUT2D eigenvalue weighted by Gasteiger charge is -2.13. The number of rotatable bonds is 3. The quantitative estimate of drug-likeness (QED) is 0.836. The number of anilines is 1. The van der Waals surface area contributed by atoms with Crippen molar-refractivity contribution in [3.63, 3.8) is 0 Å². The van der Waals surface area contributed by atoms with Crippen molar-refractivity contribution in [2.24, 2.45) is 0 Å². The third-order valence-electron chi connectivity index (χ3n) is 2.74. The first-order chi connectivity index (χ1) is 8.60. The number of nitrogens with two attached hydrogens (primary N) is 1. The van der Waals surface area contributed by atoms with E-state index in [1.165, 1.54) is 0 Å². The van der Waals surface area contributed by atoms with E-state index < -0.39 is 0 Å².